The zero-order valence-electron chi connectivity index (χ0n) is 10.5. The Morgan fingerprint density at radius 3 is 2.24 bits per heavy atom. The van der Waals surface area contributed by atoms with Gasteiger partial charge in [0.2, 0.25) is 0 Å². The molecule has 0 aliphatic rings. The van der Waals surface area contributed by atoms with Gasteiger partial charge >= 0.3 is 0 Å². The predicted molar refractivity (Wildman–Crippen MR) is 66.4 cm³/mol. The first-order valence-corrected chi connectivity index (χ1v) is 5.41. The molecule has 0 fully saturated rings. The first-order valence-electron chi connectivity index (χ1n) is 5.41. The van der Waals surface area contributed by atoms with E-state index in [-0.39, 0.29) is 17.1 Å². The number of nitrogens with zero attached hydrogens (tertiary/aromatic N) is 1. The monoisotopic (exact) mass is 236 g/mol. The highest BCUT2D eigenvalue weighted by Gasteiger charge is 2.14. The minimum atomic E-state index is -0.365. The highest BCUT2D eigenvalue weighted by atomic mass is 19.1. The number of hydrazone groups is 1. The molecule has 1 aromatic rings. The van der Waals surface area contributed by atoms with Gasteiger partial charge in [-0.15, -0.1) is 0 Å². The molecule has 0 saturated heterocycles. The third-order valence-electron chi connectivity index (χ3n) is 2.52. The van der Waals surface area contributed by atoms with Crippen molar-refractivity contribution in [2.75, 3.05) is 0 Å². The third kappa shape index (κ3) is 3.98. The molecule has 1 amide bonds. The zero-order chi connectivity index (χ0) is 13.1. The standard InChI is InChI=1S/C13H17FN2O/c1-9(13(2,3)4)15-16-12(17)10-5-7-11(14)8-6-10/h5-8H,1-4H3,(H,16,17)/b15-9-. The smallest absolute Gasteiger partial charge is 0.267 e. The molecule has 0 radical (unpaired) electrons. The quantitative estimate of drug-likeness (QED) is 0.622. The van der Waals surface area contributed by atoms with Crippen molar-refractivity contribution >= 4 is 11.6 Å². The highest BCUT2D eigenvalue weighted by Crippen LogP contribution is 2.14. The maximum absolute atomic E-state index is 12.7. The van der Waals surface area contributed by atoms with Crippen LogP contribution in [0.5, 0.6) is 0 Å². The number of halogens is 1. The van der Waals surface area contributed by atoms with E-state index in [1.54, 1.807) is 0 Å². The highest BCUT2D eigenvalue weighted by molar-refractivity contribution is 5.95. The number of carbonyl (C=O) groups excluding carboxylic acids is 1. The van der Waals surface area contributed by atoms with Gasteiger partial charge in [0.25, 0.3) is 5.91 Å². The van der Waals surface area contributed by atoms with E-state index in [0.717, 1.165) is 5.71 Å². The molecule has 1 aromatic carbocycles. The van der Waals surface area contributed by atoms with Crippen molar-refractivity contribution in [2.45, 2.75) is 27.7 Å². The van der Waals surface area contributed by atoms with E-state index in [0.29, 0.717) is 5.56 Å². The number of hydrogen-bond acceptors (Lipinski definition) is 2. The topological polar surface area (TPSA) is 41.5 Å². The van der Waals surface area contributed by atoms with Crippen molar-refractivity contribution in [3.05, 3.63) is 35.6 Å². The molecular formula is C13H17FN2O. The average molecular weight is 236 g/mol. The molecule has 0 spiro atoms. The second-order valence-corrected chi connectivity index (χ2v) is 4.90. The van der Waals surface area contributed by atoms with Crippen LogP contribution >= 0.6 is 0 Å². The summed E-state index contributed by atoms with van der Waals surface area (Å²) in [7, 11) is 0. The number of rotatable bonds is 2. The van der Waals surface area contributed by atoms with Crippen LogP contribution in [0.1, 0.15) is 38.1 Å². The van der Waals surface area contributed by atoms with E-state index in [1.807, 2.05) is 27.7 Å². The fourth-order valence-corrected chi connectivity index (χ4v) is 0.968. The minimum Gasteiger partial charge on any atom is -0.267 e. The molecule has 0 atom stereocenters. The van der Waals surface area contributed by atoms with E-state index < -0.39 is 0 Å². The first kappa shape index (κ1) is 13.4. The Labute approximate surface area is 101 Å². The van der Waals surface area contributed by atoms with Crippen molar-refractivity contribution in [1.29, 1.82) is 0 Å². The lowest BCUT2D eigenvalue weighted by molar-refractivity contribution is 0.0954. The molecule has 1 N–H and O–H groups in total. The summed E-state index contributed by atoms with van der Waals surface area (Å²) < 4.78 is 12.7. The van der Waals surface area contributed by atoms with E-state index >= 15 is 0 Å². The number of hydrogen-bond donors (Lipinski definition) is 1. The molecule has 0 saturated carbocycles. The van der Waals surface area contributed by atoms with Gasteiger partial charge in [-0.3, -0.25) is 4.79 Å². The summed E-state index contributed by atoms with van der Waals surface area (Å²) in [6.07, 6.45) is 0. The Kier molecular flexibility index (Phi) is 3.99. The van der Waals surface area contributed by atoms with Gasteiger partial charge in [0, 0.05) is 16.7 Å². The van der Waals surface area contributed by atoms with Crippen LogP contribution in [0.2, 0.25) is 0 Å². The fourth-order valence-electron chi connectivity index (χ4n) is 0.968. The van der Waals surface area contributed by atoms with Crippen molar-refractivity contribution in [3.63, 3.8) is 0 Å². The van der Waals surface area contributed by atoms with Crippen LogP contribution in [0.4, 0.5) is 4.39 Å². The van der Waals surface area contributed by atoms with Gasteiger partial charge in [-0.05, 0) is 31.2 Å². The Morgan fingerprint density at radius 1 is 1.24 bits per heavy atom. The first-order chi connectivity index (χ1) is 7.80. The van der Waals surface area contributed by atoms with Crippen molar-refractivity contribution in [3.8, 4) is 0 Å². The van der Waals surface area contributed by atoms with E-state index in [9.17, 15) is 9.18 Å². The van der Waals surface area contributed by atoms with Gasteiger partial charge in [-0.1, -0.05) is 20.8 Å². The summed E-state index contributed by atoms with van der Waals surface area (Å²) in [5, 5.41) is 4.02. The summed E-state index contributed by atoms with van der Waals surface area (Å²) in [5.74, 6) is -0.704. The molecule has 0 aromatic heterocycles. The Balaban J connectivity index is 2.71. The molecule has 0 aliphatic heterocycles. The lowest BCUT2D eigenvalue weighted by Gasteiger charge is -2.17. The van der Waals surface area contributed by atoms with Gasteiger partial charge < -0.3 is 0 Å². The summed E-state index contributed by atoms with van der Waals surface area (Å²) in [6, 6.07) is 5.34. The second kappa shape index (κ2) is 5.08. The van der Waals surface area contributed by atoms with Gasteiger partial charge in [0.1, 0.15) is 5.82 Å². The van der Waals surface area contributed by atoms with Crippen LogP contribution in [0.15, 0.2) is 29.4 Å². The van der Waals surface area contributed by atoms with Crippen molar-refractivity contribution in [2.24, 2.45) is 10.5 Å². The molecule has 3 nitrogen and oxygen atoms in total. The number of benzene rings is 1. The van der Waals surface area contributed by atoms with E-state index in [2.05, 4.69) is 10.5 Å². The minimum absolute atomic E-state index is 0.0872. The number of carbonyl (C=O) groups is 1. The molecule has 0 bridgehead atoms. The molecule has 17 heavy (non-hydrogen) atoms. The van der Waals surface area contributed by atoms with Crippen LogP contribution in [0, 0.1) is 11.2 Å². The van der Waals surface area contributed by atoms with Crippen molar-refractivity contribution in [1.82, 2.24) is 5.43 Å². The lowest BCUT2D eigenvalue weighted by Crippen LogP contribution is -2.24. The lowest BCUT2D eigenvalue weighted by atomic mass is 9.91. The third-order valence-corrected chi connectivity index (χ3v) is 2.52. The van der Waals surface area contributed by atoms with Crippen LogP contribution in [0.3, 0.4) is 0 Å². The van der Waals surface area contributed by atoms with E-state index in [1.165, 1.54) is 24.3 Å². The van der Waals surface area contributed by atoms with E-state index in [4.69, 9.17) is 0 Å². The Hall–Kier alpha value is -1.71. The maximum Gasteiger partial charge on any atom is 0.271 e. The second-order valence-electron chi connectivity index (χ2n) is 4.90. The molecule has 0 unspecified atom stereocenters. The molecule has 0 heterocycles. The maximum atomic E-state index is 12.7. The SMILES string of the molecule is C/C(=N/NC(=O)c1ccc(F)cc1)C(C)(C)C. The molecule has 92 valence electrons. The summed E-state index contributed by atoms with van der Waals surface area (Å²) >= 11 is 0. The molecular weight excluding hydrogens is 219 g/mol. The summed E-state index contributed by atoms with van der Waals surface area (Å²) in [4.78, 5) is 11.6. The van der Waals surface area contributed by atoms with Crippen molar-refractivity contribution < 1.29 is 9.18 Å². The van der Waals surface area contributed by atoms with Gasteiger partial charge in [-0.2, -0.15) is 5.10 Å². The van der Waals surface area contributed by atoms with Crippen LogP contribution in [-0.4, -0.2) is 11.6 Å². The molecule has 4 heteroatoms. The number of nitrogens with one attached hydrogen (secondary N) is 1. The summed E-state index contributed by atoms with van der Waals surface area (Å²) in [6.45, 7) is 7.88. The average Bonchev–Trinajstić information content (AvgIpc) is 2.25. The largest absolute Gasteiger partial charge is 0.271 e. The Morgan fingerprint density at radius 2 is 1.76 bits per heavy atom. The van der Waals surface area contributed by atoms with Crippen LogP contribution in [0.25, 0.3) is 0 Å². The molecule has 0 aliphatic carbocycles. The van der Waals surface area contributed by atoms with Gasteiger partial charge in [0.15, 0.2) is 0 Å². The fraction of sp³-hybridized carbons (Fsp3) is 0.385. The van der Waals surface area contributed by atoms with Crippen LogP contribution in [-0.2, 0) is 0 Å². The number of amides is 1. The Bertz CT molecular complexity index is 430. The normalized spacial score (nSPS) is 12.4. The molecule has 1 rings (SSSR count). The summed E-state index contributed by atoms with van der Waals surface area (Å²) in [5.41, 5.74) is 3.58. The zero-order valence-corrected chi connectivity index (χ0v) is 10.5. The van der Waals surface area contributed by atoms with Gasteiger partial charge in [-0.25, -0.2) is 9.82 Å². The predicted octanol–water partition coefficient (Wildman–Crippen LogP) is 2.98. The van der Waals surface area contributed by atoms with Crippen LogP contribution < -0.4 is 5.43 Å². The van der Waals surface area contributed by atoms with Gasteiger partial charge in [0.05, 0.1) is 0 Å².